The molecule has 1 aromatic carbocycles. The van der Waals surface area contributed by atoms with Crippen molar-refractivity contribution in [1.29, 1.82) is 0 Å². The highest BCUT2D eigenvalue weighted by atomic mass is 35.5. The van der Waals surface area contributed by atoms with Gasteiger partial charge in [-0.05, 0) is 37.6 Å². The summed E-state index contributed by atoms with van der Waals surface area (Å²) >= 11 is 7.66. The molecule has 0 saturated carbocycles. The first-order valence-corrected chi connectivity index (χ1v) is 7.36. The molecule has 0 atom stereocenters. The molecule has 1 heterocycles. The summed E-state index contributed by atoms with van der Waals surface area (Å²) in [5.41, 5.74) is 1.93. The average Bonchev–Trinajstić information content (AvgIpc) is 2.41. The standard InChI is InChI=1S/C14H14ClFN2S/c1-3-12-9(2)14(15)18-13(17-12)8-19-11-6-4-10(16)5-7-11/h4-7H,3,8H2,1-2H3. The zero-order valence-electron chi connectivity index (χ0n) is 10.8. The van der Waals surface area contributed by atoms with Gasteiger partial charge in [-0.3, -0.25) is 0 Å². The second kappa shape index (κ2) is 6.35. The topological polar surface area (TPSA) is 25.8 Å². The fourth-order valence-corrected chi connectivity index (χ4v) is 2.63. The van der Waals surface area contributed by atoms with Crippen molar-refractivity contribution in [3.8, 4) is 0 Å². The Kier molecular flexibility index (Phi) is 4.77. The third-order valence-electron chi connectivity index (χ3n) is 2.75. The fraction of sp³-hybridized carbons (Fsp3) is 0.286. The van der Waals surface area contributed by atoms with Crippen LogP contribution in [0.3, 0.4) is 0 Å². The normalized spacial score (nSPS) is 10.7. The molecule has 0 spiro atoms. The van der Waals surface area contributed by atoms with Crippen LogP contribution in [0.5, 0.6) is 0 Å². The molecule has 0 fully saturated rings. The molecule has 2 rings (SSSR count). The molecule has 0 N–H and O–H groups in total. The Morgan fingerprint density at radius 2 is 1.89 bits per heavy atom. The van der Waals surface area contributed by atoms with E-state index in [1.807, 2.05) is 13.8 Å². The number of thioether (sulfide) groups is 1. The maximum atomic E-state index is 12.8. The van der Waals surface area contributed by atoms with Gasteiger partial charge in [-0.25, -0.2) is 14.4 Å². The number of halogens is 2. The zero-order valence-corrected chi connectivity index (χ0v) is 12.4. The maximum absolute atomic E-state index is 12.8. The summed E-state index contributed by atoms with van der Waals surface area (Å²) in [5, 5.41) is 0.515. The van der Waals surface area contributed by atoms with E-state index in [0.717, 1.165) is 22.6 Å². The summed E-state index contributed by atoms with van der Waals surface area (Å²) in [6.07, 6.45) is 0.836. The van der Waals surface area contributed by atoms with Crippen molar-refractivity contribution in [3.63, 3.8) is 0 Å². The lowest BCUT2D eigenvalue weighted by molar-refractivity contribution is 0.626. The zero-order chi connectivity index (χ0) is 13.8. The van der Waals surface area contributed by atoms with E-state index in [2.05, 4.69) is 9.97 Å². The Hall–Kier alpha value is -1.13. The van der Waals surface area contributed by atoms with Crippen molar-refractivity contribution in [2.24, 2.45) is 0 Å². The van der Waals surface area contributed by atoms with Gasteiger partial charge in [0, 0.05) is 16.2 Å². The summed E-state index contributed by atoms with van der Waals surface area (Å²) in [6, 6.07) is 6.39. The van der Waals surface area contributed by atoms with Gasteiger partial charge in [0.25, 0.3) is 0 Å². The van der Waals surface area contributed by atoms with Crippen LogP contribution < -0.4 is 0 Å². The number of aromatic nitrogens is 2. The van der Waals surface area contributed by atoms with Gasteiger partial charge in [-0.2, -0.15) is 0 Å². The predicted molar refractivity (Wildman–Crippen MR) is 77.1 cm³/mol. The van der Waals surface area contributed by atoms with E-state index in [-0.39, 0.29) is 5.82 Å². The third-order valence-corrected chi connectivity index (χ3v) is 4.13. The monoisotopic (exact) mass is 296 g/mol. The molecule has 0 aliphatic rings. The van der Waals surface area contributed by atoms with Crippen LogP contribution in [0.25, 0.3) is 0 Å². The van der Waals surface area contributed by atoms with Crippen molar-refractivity contribution < 1.29 is 4.39 Å². The third kappa shape index (κ3) is 3.67. The highest BCUT2D eigenvalue weighted by Gasteiger charge is 2.08. The van der Waals surface area contributed by atoms with Crippen LogP contribution in [0, 0.1) is 12.7 Å². The smallest absolute Gasteiger partial charge is 0.140 e. The molecule has 0 aliphatic carbocycles. The number of aryl methyl sites for hydroxylation is 1. The van der Waals surface area contributed by atoms with E-state index < -0.39 is 0 Å². The predicted octanol–water partition coefficient (Wildman–Crippen LogP) is 4.43. The van der Waals surface area contributed by atoms with Gasteiger partial charge in [0.05, 0.1) is 5.75 Å². The molecule has 0 saturated heterocycles. The molecule has 0 unspecified atom stereocenters. The number of hydrogen-bond acceptors (Lipinski definition) is 3. The lowest BCUT2D eigenvalue weighted by atomic mass is 10.2. The Morgan fingerprint density at radius 3 is 2.53 bits per heavy atom. The van der Waals surface area contributed by atoms with Gasteiger partial charge in [0.2, 0.25) is 0 Å². The fourth-order valence-electron chi connectivity index (χ4n) is 1.67. The van der Waals surface area contributed by atoms with E-state index in [1.165, 1.54) is 12.1 Å². The summed E-state index contributed by atoms with van der Waals surface area (Å²) in [5.74, 6) is 1.10. The lowest BCUT2D eigenvalue weighted by Crippen LogP contribution is -2.01. The van der Waals surface area contributed by atoms with E-state index in [0.29, 0.717) is 16.7 Å². The molecular formula is C14H14ClFN2S. The average molecular weight is 297 g/mol. The first-order valence-electron chi connectivity index (χ1n) is 6.00. The van der Waals surface area contributed by atoms with Crippen molar-refractivity contribution in [3.05, 3.63) is 52.3 Å². The first-order chi connectivity index (χ1) is 9.10. The van der Waals surface area contributed by atoms with E-state index in [1.54, 1.807) is 23.9 Å². The maximum Gasteiger partial charge on any atom is 0.140 e. The minimum absolute atomic E-state index is 0.229. The van der Waals surface area contributed by atoms with Crippen molar-refractivity contribution in [1.82, 2.24) is 9.97 Å². The molecule has 0 radical (unpaired) electrons. The van der Waals surface area contributed by atoms with Crippen LogP contribution in [-0.4, -0.2) is 9.97 Å². The summed E-state index contributed by atoms with van der Waals surface area (Å²) in [4.78, 5) is 9.75. The molecule has 1 aromatic heterocycles. The molecule has 2 aromatic rings. The minimum Gasteiger partial charge on any atom is -0.237 e. The summed E-state index contributed by atoms with van der Waals surface area (Å²) in [7, 11) is 0. The number of hydrogen-bond donors (Lipinski definition) is 0. The quantitative estimate of drug-likeness (QED) is 0.616. The van der Waals surface area contributed by atoms with Gasteiger partial charge >= 0.3 is 0 Å². The highest BCUT2D eigenvalue weighted by molar-refractivity contribution is 7.98. The van der Waals surface area contributed by atoms with Gasteiger partial charge in [0.15, 0.2) is 0 Å². The Bertz CT molecular complexity index is 572. The van der Waals surface area contributed by atoms with Crippen molar-refractivity contribution in [2.75, 3.05) is 0 Å². The van der Waals surface area contributed by atoms with Crippen molar-refractivity contribution >= 4 is 23.4 Å². The van der Waals surface area contributed by atoms with Gasteiger partial charge < -0.3 is 0 Å². The molecular weight excluding hydrogens is 283 g/mol. The Balaban J connectivity index is 2.11. The first kappa shape index (κ1) is 14.3. The molecule has 100 valence electrons. The van der Waals surface area contributed by atoms with Crippen LogP contribution >= 0.6 is 23.4 Å². The molecule has 0 aliphatic heterocycles. The van der Waals surface area contributed by atoms with Crippen LogP contribution in [0.1, 0.15) is 24.0 Å². The lowest BCUT2D eigenvalue weighted by Gasteiger charge is -2.07. The van der Waals surface area contributed by atoms with Gasteiger partial charge in [-0.15, -0.1) is 11.8 Å². The van der Waals surface area contributed by atoms with Crippen LogP contribution in [0.4, 0.5) is 4.39 Å². The van der Waals surface area contributed by atoms with Gasteiger partial charge in [-0.1, -0.05) is 18.5 Å². The molecule has 0 bridgehead atoms. The second-order valence-electron chi connectivity index (χ2n) is 4.10. The molecule has 0 amide bonds. The second-order valence-corrected chi connectivity index (χ2v) is 5.51. The summed E-state index contributed by atoms with van der Waals surface area (Å²) in [6.45, 7) is 3.97. The van der Waals surface area contributed by atoms with Crippen LogP contribution in [0.2, 0.25) is 5.15 Å². The van der Waals surface area contributed by atoms with E-state index in [9.17, 15) is 4.39 Å². The van der Waals surface area contributed by atoms with Crippen LogP contribution in [0.15, 0.2) is 29.2 Å². The Labute approximate surface area is 121 Å². The number of rotatable bonds is 4. The van der Waals surface area contributed by atoms with E-state index >= 15 is 0 Å². The largest absolute Gasteiger partial charge is 0.237 e. The Morgan fingerprint density at radius 1 is 1.21 bits per heavy atom. The molecule has 2 nitrogen and oxygen atoms in total. The molecule has 19 heavy (non-hydrogen) atoms. The molecule has 5 heteroatoms. The van der Waals surface area contributed by atoms with Gasteiger partial charge in [0.1, 0.15) is 16.8 Å². The number of nitrogens with zero attached hydrogens (tertiary/aromatic N) is 2. The minimum atomic E-state index is -0.229. The van der Waals surface area contributed by atoms with Crippen LogP contribution in [-0.2, 0) is 12.2 Å². The number of benzene rings is 1. The van der Waals surface area contributed by atoms with E-state index in [4.69, 9.17) is 11.6 Å². The summed E-state index contributed by atoms with van der Waals surface area (Å²) < 4.78 is 12.8. The van der Waals surface area contributed by atoms with Crippen molar-refractivity contribution in [2.45, 2.75) is 30.9 Å². The highest BCUT2D eigenvalue weighted by Crippen LogP contribution is 2.23. The SMILES string of the molecule is CCc1nc(CSc2ccc(F)cc2)nc(Cl)c1C.